The third kappa shape index (κ3) is 4.87. The van der Waals surface area contributed by atoms with Gasteiger partial charge in [0.2, 0.25) is 11.7 Å². The highest BCUT2D eigenvalue weighted by Crippen LogP contribution is 2.16. The molecule has 0 bridgehead atoms. The van der Waals surface area contributed by atoms with Crippen molar-refractivity contribution in [3.63, 3.8) is 0 Å². The van der Waals surface area contributed by atoms with E-state index in [1.807, 2.05) is 36.4 Å². The van der Waals surface area contributed by atoms with Gasteiger partial charge in [0, 0.05) is 17.0 Å². The number of ketones is 1. The van der Waals surface area contributed by atoms with Gasteiger partial charge in [-0.3, -0.25) is 4.79 Å². The van der Waals surface area contributed by atoms with E-state index >= 15 is 0 Å². The van der Waals surface area contributed by atoms with Crippen molar-refractivity contribution >= 4 is 27.8 Å². The smallest absolute Gasteiger partial charge is 0.223 e. The number of halogens is 1. The topological polar surface area (TPSA) is 65.2 Å². The van der Waals surface area contributed by atoms with Crippen LogP contribution < -0.4 is 4.74 Å². The summed E-state index contributed by atoms with van der Waals surface area (Å²) in [5.41, 5.74) is 1.56. The first-order valence-electron chi connectivity index (χ1n) is 7.60. The molecule has 0 saturated heterocycles. The normalized spacial score (nSPS) is 11.0. The van der Waals surface area contributed by atoms with Crippen molar-refractivity contribution < 1.29 is 14.1 Å². The summed E-state index contributed by atoms with van der Waals surface area (Å²) in [6, 6.07) is 14.7. The molecule has 3 aromatic rings. The van der Waals surface area contributed by atoms with Crippen LogP contribution in [0.25, 0.3) is 6.08 Å². The van der Waals surface area contributed by atoms with Gasteiger partial charge in [0.15, 0.2) is 12.4 Å². The van der Waals surface area contributed by atoms with Gasteiger partial charge in [-0.2, -0.15) is 4.98 Å². The number of benzene rings is 2. The van der Waals surface area contributed by atoms with E-state index in [4.69, 9.17) is 9.26 Å². The first-order valence-corrected chi connectivity index (χ1v) is 8.39. The number of aryl methyl sites for hydroxylation is 1. The van der Waals surface area contributed by atoms with Crippen LogP contribution in [0.15, 0.2) is 63.6 Å². The third-order valence-corrected chi connectivity index (χ3v) is 3.90. The molecule has 0 atom stereocenters. The summed E-state index contributed by atoms with van der Waals surface area (Å²) >= 11 is 3.35. The van der Waals surface area contributed by atoms with E-state index in [-0.39, 0.29) is 12.4 Å². The van der Waals surface area contributed by atoms with Gasteiger partial charge >= 0.3 is 0 Å². The Labute approximate surface area is 153 Å². The summed E-state index contributed by atoms with van der Waals surface area (Å²) in [4.78, 5) is 16.2. The Kier molecular flexibility index (Phi) is 5.40. The van der Waals surface area contributed by atoms with Crippen LogP contribution in [-0.2, 0) is 6.61 Å². The molecule has 0 spiro atoms. The molecule has 0 amide bonds. The van der Waals surface area contributed by atoms with Crippen molar-refractivity contribution in [2.45, 2.75) is 13.5 Å². The molecule has 1 aromatic heterocycles. The standard InChI is InChI=1S/C19H15BrN2O3/c1-13-21-19(22-25-13)12-24-17-9-2-14(3-10-17)4-11-18(23)15-5-7-16(20)8-6-15/h2-11H,12H2,1H3. The van der Waals surface area contributed by atoms with Crippen LogP contribution in [0, 0.1) is 6.92 Å². The molecule has 0 radical (unpaired) electrons. The minimum atomic E-state index is -0.0414. The highest BCUT2D eigenvalue weighted by atomic mass is 79.9. The molecule has 6 heteroatoms. The Morgan fingerprint density at radius 3 is 2.52 bits per heavy atom. The number of carbonyl (C=O) groups is 1. The quantitative estimate of drug-likeness (QED) is 0.447. The van der Waals surface area contributed by atoms with E-state index in [9.17, 15) is 4.79 Å². The number of hydrogen-bond donors (Lipinski definition) is 0. The van der Waals surface area contributed by atoms with Crippen LogP contribution >= 0.6 is 15.9 Å². The molecule has 0 aliphatic carbocycles. The Balaban J connectivity index is 1.58. The van der Waals surface area contributed by atoms with Gasteiger partial charge in [-0.1, -0.05) is 39.3 Å². The monoisotopic (exact) mass is 398 g/mol. The summed E-state index contributed by atoms with van der Waals surface area (Å²) in [5.74, 6) is 1.66. The fraction of sp³-hybridized carbons (Fsp3) is 0.105. The lowest BCUT2D eigenvalue weighted by molar-refractivity contribution is 0.104. The Bertz CT molecular complexity index is 884. The first-order chi connectivity index (χ1) is 12.1. The van der Waals surface area contributed by atoms with Crippen molar-refractivity contribution in [2.24, 2.45) is 0 Å². The van der Waals surface area contributed by atoms with Crippen molar-refractivity contribution in [2.75, 3.05) is 0 Å². The zero-order valence-corrected chi connectivity index (χ0v) is 15.1. The van der Waals surface area contributed by atoms with Gasteiger partial charge in [0.05, 0.1) is 0 Å². The van der Waals surface area contributed by atoms with E-state index in [2.05, 4.69) is 26.1 Å². The van der Waals surface area contributed by atoms with Gasteiger partial charge in [0.1, 0.15) is 5.75 Å². The molecule has 25 heavy (non-hydrogen) atoms. The van der Waals surface area contributed by atoms with E-state index in [0.29, 0.717) is 23.0 Å². The van der Waals surface area contributed by atoms with Gasteiger partial charge < -0.3 is 9.26 Å². The Morgan fingerprint density at radius 2 is 1.88 bits per heavy atom. The predicted molar refractivity (Wildman–Crippen MR) is 97.3 cm³/mol. The molecular formula is C19H15BrN2O3. The number of hydrogen-bond acceptors (Lipinski definition) is 5. The molecule has 0 unspecified atom stereocenters. The lowest BCUT2D eigenvalue weighted by atomic mass is 10.1. The second-order valence-electron chi connectivity index (χ2n) is 5.29. The lowest BCUT2D eigenvalue weighted by Crippen LogP contribution is -1.97. The van der Waals surface area contributed by atoms with E-state index in [1.54, 1.807) is 31.2 Å². The summed E-state index contributed by atoms with van der Waals surface area (Å²) in [6.07, 6.45) is 3.33. The van der Waals surface area contributed by atoms with Crippen LogP contribution in [0.4, 0.5) is 0 Å². The van der Waals surface area contributed by atoms with Crippen molar-refractivity contribution in [3.05, 3.63) is 81.9 Å². The number of ether oxygens (including phenoxy) is 1. The maximum Gasteiger partial charge on any atom is 0.223 e. The number of allylic oxidation sites excluding steroid dienone is 1. The second-order valence-corrected chi connectivity index (χ2v) is 6.21. The van der Waals surface area contributed by atoms with Crippen molar-refractivity contribution in [1.82, 2.24) is 10.1 Å². The number of nitrogens with zero attached hydrogens (tertiary/aromatic N) is 2. The maximum atomic E-state index is 12.1. The van der Waals surface area contributed by atoms with Crippen molar-refractivity contribution in [3.8, 4) is 5.75 Å². The largest absolute Gasteiger partial charge is 0.485 e. The van der Waals surface area contributed by atoms with E-state index < -0.39 is 0 Å². The molecule has 0 fully saturated rings. The molecule has 126 valence electrons. The zero-order chi connectivity index (χ0) is 17.6. The Hall–Kier alpha value is -2.73. The molecule has 3 rings (SSSR count). The van der Waals surface area contributed by atoms with Crippen LogP contribution in [-0.4, -0.2) is 15.9 Å². The van der Waals surface area contributed by atoms with Gasteiger partial charge in [0.25, 0.3) is 0 Å². The molecule has 0 N–H and O–H groups in total. The van der Waals surface area contributed by atoms with Gasteiger partial charge in [-0.05, 0) is 48.0 Å². The summed E-state index contributed by atoms with van der Waals surface area (Å²) in [7, 11) is 0. The average Bonchev–Trinajstić information content (AvgIpc) is 3.05. The summed E-state index contributed by atoms with van der Waals surface area (Å²) < 4.78 is 11.4. The number of rotatable bonds is 6. The highest BCUT2D eigenvalue weighted by Gasteiger charge is 2.03. The molecule has 0 aliphatic heterocycles. The molecule has 5 nitrogen and oxygen atoms in total. The third-order valence-electron chi connectivity index (χ3n) is 3.37. The first kappa shape index (κ1) is 17.1. The number of aromatic nitrogens is 2. The maximum absolute atomic E-state index is 12.1. The van der Waals surface area contributed by atoms with Gasteiger partial charge in [-0.15, -0.1) is 0 Å². The summed E-state index contributed by atoms with van der Waals surface area (Å²) in [6.45, 7) is 1.97. The fourth-order valence-corrected chi connectivity index (χ4v) is 2.37. The average molecular weight is 399 g/mol. The fourth-order valence-electron chi connectivity index (χ4n) is 2.11. The zero-order valence-electron chi connectivity index (χ0n) is 13.5. The van der Waals surface area contributed by atoms with Crippen LogP contribution in [0.3, 0.4) is 0 Å². The molecule has 0 saturated carbocycles. The van der Waals surface area contributed by atoms with Crippen LogP contribution in [0.2, 0.25) is 0 Å². The second kappa shape index (κ2) is 7.90. The molecule has 0 aliphatic rings. The molecular weight excluding hydrogens is 384 g/mol. The van der Waals surface area contributed by atoms with Crippen LogP contribution in [0.5, 0.6) is 5.75 Å². The SMILES string of the molecule is Cc1nc(COc2ccc(C=CC(=O)c3ccc(Br)cc3)cc2)no1. The predicted octanol–water partition coefficient (Wildman–Crippen LogP) is 4.62. The van der Waals surface area contributed by atoms with Gasteiger partial charge in [-0.25, -0.2) is 0 Å². The van der Waals surface area contributed by atoms with Crippen molar-refractivity contribution in [1.29, 1.82) is 0 Å². The van der Waals surface area contributed by atoms with E-state index in [0.717, 1.165) is 10.0 Å². The molecule has 2 aromatic carbocycles. The Morgan fingerprint density at radius 1 is 1.16 bits per heavy atom. The highest BCUT2D eigenvalue weighted by molar-refractivity contribution is 9.10. The van der Waals surface area contributed by atoms with Crippen LogP contribution in [0.1, 0.15) is 27.6 Å². The number of carbonyl (C=O) groups excluding carboxylic acids is 1. The minimum Gasteiger partial charge on any atom is -0.485 e. The summed E-state index contributed by atoms with van der Waals surface area (Å²) in [5, 5.41) is 3.77. The molecule has 1 heterocycles. The lowest BCUT2D eigenvalue weighted by Gasteiger charge is -2.03. The minimum absolute atomic E-state index is 0.0414. The van der Waals surface area contributed by atoms with E-state index in [1.165, 1.54) is 0 Å².